The molecule has 2 fully saturated rings. The first-order valence-corrected chi connectivity index (χ1v) is 8.99. The van der Waals surface area contributed by atoms with E-state index in [1.165, 1.54) is 0 Å². The Balaban J connectivity index is 1.66. The normalized spacial score (nSPS) is 30.8. The minimum atomic E-state index is -0.233. The molecule has 1 saturated heterocycles. The molecule has 1 aliphatic heterocycles. The molecule has 1 aromatic heterocycles. The second-order valence-corrected chi connectivity index (χ2v) is 7.54. The van der Waals surface area contributed by atoms with Crippen molar-refractivity contribution in [2.24, 2.45) is 7.05 Å². The first kappa shape index (κ1) is 16.3. The maximum atomic E-state index is 10.1. The second-order valence-electron chi connectivity index (χ2n) is 7.14. The van der Waals surface area contributed by atoms with Gasteiger partial charge in [0.25, 0.3) is 0 Å². The monoisotopic (exact) mass is 349 g/mol. The molecule has 2 aliphatic rings. The van der Waals surface area contributed by atoms with E-state index in [-0.39, 0.29) is 17.7 Å². The van der Waals surface area contributed by atoms with Gasteiger partial charge in [-0.15, -0.1) is 0 Å². The van der Waals surface area contributed by atoms with Crippen molar-refractivity contribution in [1.82, 2.24) is 14.7 Å². The molecule has 1 N–H and O–H groups in total. The molecule has 2 aromatic rings. The molecular weight excluding hydrogens is 326 g/mol. The van der Waals surface area contributed by atoms with Gasteiger partial charge in [-0.05, 0) is 37.8 Å². The number of aliphatic hydroxyl groups excluding tert-OH is 1. The van der Waals surface area contributed by atoms with E-state index in [2.05, 4.69) is 4.90 Å². The van der Waals surface area contributed by atoms with Crippen LogP contribution in [0.3, 0.4) is 0 Å². The van der Waals surface area contributed by atoms with E-state index in [4.69, 9.17) is 21.4 Å². The second kappa shape index (κ2) is 5.99. The maximum absolute atomic E-state index is 10.1. The quantitative estimate of drug-likeness (QED) is 0.925. The first-order chi connectivity index (χ1) is 11.5. The number of hydrogen-bond donors (Lipinski definition) is 1. The largest absolute Gasteiger partial charge is 0.393 e. The van der Waals surface area contributed by atoms with Crippen molar-refractivity contribution in [3.05, 3.63) is 28.9 Å². The molecule has 0 bridgehead atoms. The zero-order valence-electron chi connectivity index (χ0n) is 14.2. The van der Waals surface area contributed by atoms with Crippen molar-refractivity contribution in [3.63, 3.8) is 0 Å². The zero-order chi connectivity index (χ0) is 16.9. The predicted molar refractivity (Wildman–Crippen MR) is 94.1 cm³/mol. The summed E-state index contributed by atoms with van der Waals surface area (Å²) in [5.41, 5.74) is 1.94. The van der Waals surface area contributed by atoms with E-state index < -0.39 is 0 Å². The first-order valence-electron chi connectivity index (χ1n) is 8.61. The Bertz CT molecular complexity index is 762. The van der Waals surface area contributed by atoms with Gasteiger partial charge < -0.3 is 9.84 Å². The SMILES string of the molecule is COC12CCC(O)CC1N(Cc1nn(C)c3cccc(Cl)c13)CC2. The third-order valence-electron chi connectivity index (χ3n) is 5.93. The van der Waals surface area contributed by atoms with Gasteiger partial charge >= 0.3 is 0 Å². The lowest BCUT2D eigenvalue weighted by Gasteiger charge is -2.42. The van der Waals surface area contributed by atoms with E-state index in [1.807, 2.05) is 29.9 Å². The lowest BCUT2D eigenvalue weighted by Crippen LogP contribution is -2.51. The number of halogens is 1. The van der Waals surface area contributed by atoms with E-state index in [0.717, 1.165) is 60.4 Å². The van der Waals surface area contributed by atoms with Crippen LogP contribution in [0.15, 0.2) is 18.2 Å². The summed E-state index contributed by atoms with van der Waals surface area (Å²) in [7, 11) is 3.76. The van der Waals surface area contributed by atoms with Gasteiger partial charge in [-0.1, -0.05) is 17.7 Å². The van der Waals surface area contributed by atoms with Crippen LogP contribution in [0.4, 0.5) is 0 Å². The molecule has 3 atom stereocenters. The highest BCUT2D eigenvalue weighted by Crippen LogP contribution is 2.43. The van der Waals surface area contributed by atoms with Crippen LogP contribution in [0.2, 0.25) is 5.02 Å². The van der Waals surface area contributed by atoms with E-state index in [9.17, 15) is 5.11 Å². The van der Waals surface area contributed by atoms with Crippen molar-refractivity contribution in [2.75, 3.05) is 13.7 Å². The van der Waals surface area contributed by atoms with Crippen LogP contribution in [-0.4, -0.2) is 51.2 Å². The highest BCUT2D eigenvalue weighted by atomic mass is 35.5. The predicted octanol–water partition coefficient (Wildman–Crippen LogP) is 2.73. The molecular formula is C18H24ClN3O2. The highest BCUT2D eigenvalue weighted by Gasteiger charge is 2.50. The smallest absolute Gasteiger partial charge is 0.0858 e. The average Bonchev–Trinajstić information content (AvgIpc) is 3.08. The number of likely N-dealkylation sites (tertiary alicyclic amines) is 1. The number of hydrogen-bond acceptors (Lipinski definition) is 4. The van der Waals surface area contributed by atoms with Gasteiger partial charge in [0.05, 0.1) is 27.9 Å². The number of benzene rings is 1. The molecule has 1 aliphatic carbocycles. The number of nitrogens with zero attached hydrogens (tertiary/aromatic N) is 3. The summed E-state index contributed by atoms with van der Waals surface area (Å²) >= 11 is 6.44. The number of aryl methyl sites for hydroxylation is 1. The van der Waals surface area contributed by atoms with Gasteiger partial charge in [0.15, 0.2) is 0 Å². The number of fused-ring (bicyclic) bond motifs is 2. The Morgan fingerprint density at radius 1 is 1.42 bits per heavy atom. The molecule has 3 unspecified atom stereocenters. The van der Waals surface area contributed by atoms with Crippen molar-refractivity contribution in [3.8, 4) is 0 Å². The molecule has 0 spiro atoms. The van der Waals surface area contributed by atoms with Crippen LogP contribution in [0.25, 0.3) is 10.9 Å². The molecule has 4 rings (SSSR count). The summed E-state index contributed by atoms with van der Waals surface area (Å²) in [6.45, 7) is 1.71. The number of methoxy groups -OCH3 is 1. The summed E-state index contributed by atoms with van der Waals surface area (Å²) in [5, 5.41) is 16.6. The fraction of sp³-hybridized carbons (Fsp3) is 0.611. The maximum Gasteiger partial charge on any atom is 0.0858 e. The van der Waals surface area contributed by atoms with Gasteiger partial charge in [-0.25, -0.2) is 0 Å². The third kappa shape index (κ3) is 2.46. The van der Waals surface area contributed by atoms with Crippen LogP contribution < -0.4 is 0 Å². The molecule has 130 valence electrons. The average molecular weight is 350 g/mol. The number of aromatic nitrogens is 2. The van der Waals surface area contributed by atoms with Gasteiger partial charge in [0, 0.05) is 38.7 Å². The lowest BCUT2D eigenvalue weighted by molar-refractivity contribution is -0.0880. The molecule has 5 nitrogen and oxygen atoms in total. The van der Waals surface area contributed by atoms with Crippen molar-refractivity contribution in [1.29, 1.82) is 0 Å². The van der Waals surface area contributed by atoms with Crippen LogP contribution in [0.1, 0.15) is 31.4 Å². The number of aliphatic hydroxyl groups is 1. The molecule has 24 heavy (non-hydrogen) atoms. The van der Waals surface area contributed by atoms with Crippen molar-refractivity contribution < 1.29 is 9.84 Å². The molecule has 0 radical (unpaired) electrons. The molecule has 2 heterocycles. The summed E-state index contributed by atoms with van der Waals surface area (Å²) in [5.74, 6) is 0. The van der Waals surface area contributed by atoms with Gasteiger partial charge in [0.2, 0.25) is 0 Å². The van der Waals surface area contributed by atoms with Gasteiger partial charge in [0.1, 0.15) is 0 Å². The summed E-state index contributed by atoms with van der Waals surface area (Å²) in [6, 6.07) is 6.17. The van der Waals surface area contributed by atoms with E-state index in [1.54, 1.807) is 7.11 Å². The fourth-order valence-electron chi connectivity index (χ4n) is 4.62. The molecule has 1 saturated carbocycles. The Labute approximate surface area is 147 Å². The van der Waals surface area contributed by atoms with Crippen LogP contribution >= 0.6 is 11.6 Å². The molecule has 0 amide bonds. The minimum absolute atomic E-state index is 0.117. The van der Waals surface area contributed by atoms with Crippen LogP contribution in [-0.2, 0) is 18.3 Å². The van der Waals surface area contributed by atoms with Gasteiger partial charge in [-0.3, -0.25) is 9.58 Å². The third-order valence-corrected chi connectivity index (χ3v) is 6.24. The summed E-state index contributed by atoms with van der Waals surface area (Å²) in [6.07, 6.45) is 3.31. The summed E-state index contributed by atoms with van der Waals surface area (Å²) < 4.78 is 7.83. The molecule has 1 aromatic carbocycles. The van der Waals surface area contributed by atoms with E-state index in [0.29, 0.717) is 0 Å². The summed E-state index contributed by atoms with van der Waals surface area (Å²) in [4.78, 5) is 2.41. The zero-order valence-corrected chi connectivity index (χ0v) is 15.0. The van der Waals surface area contributed by atoms with Crippen LogP contribution in [0, 0.1) is 0 Å². The Hall–Kier alpha value is -1.14. The van der Waals surface area contributed by atoms with Gasteiger partial charge in [-0.2, -0.15) is 5.10 Å². The fourth-order valence-corrected chi connectivity index (χ4v) is 4.89. The van der Waals surface area contributed by atoms with Crippen molar-refractivity contribution >= 4 is 22.5 Å². The lowest BCUT2D eigenvalue weighted by atomic mass is 9.79. The minimum Gasteiger partial charge on any atom is -0.393 e. The van der Waals surface area contributed by atoms with Crippen molar-refractivity contribution in [2.45, 2.75) is 50.0 Å². The Morgan fingerprint density at radius 3 is 3.04 bits per heavy atom. The Morgan fingerprint density at radius 2 is 2.25 bits per heavy atom. The number of ether oxygens (including phenoxy) is 1. The van der Waals surface area contributed by atoms with Crippen LogP contribution in [0.5, 0.6) is 0 Å². The highest BCUT2D eigenvalue weighted by molar-refractivity contribution is 6.35. The number of rotatable bonds is 3. The Kier molecular flexibility index (Phi) is 4.07. The topological polar surface area (TPSA) is 50.5 Å². The standard InChI is InChI=1S/C18H24ClN3O2/c1-21-15-5-3-4-13(19)17(15)14(20-21)11-22-9-8-18(24-2)7-6-12(23)10-16(18)22/h3-5,12,16,23H,6-11H2,1-2H3. The van der Waals surface area contributed by atoms with E-state index >= 15 is 0 Å². The molecule has 6 heteroatoms.